The van der Waals surface area contributed by atoms with Gasteiger partial charge in [-0.2, -0.15) is 0 Å². The topological polar surface area (TPSA) is 72.4 Å². The summed E-state index contributed by atoms with van der Waals surface area (Å²) in [6.07, 6.45) is 0. The van der Waals surface area contributed by atoms with Crippen molar-refractivity contribution >= 4 is 23.7 Å². The Morgan fingerprint density at radius 2 is 2.00 bits per heavy atom. The molecule has 1 atom stereocenters. The molecule has 0 saturated heterocycles. The van der Waals surface area contributed by atoms with E-state index < -0.39 is 11.3 Å². The lowest BCUT2D eigenvalue weighted by Gasteiger charge is -1.94. The van der Waals surface area contributed by atoms with E-state index in [9.17, 15) is 0 Å². The molecule has 0 amide bonds. The molecule has 0 aromatic carbocycles. The van der Waals surface area contributed by atoms with Gasteiger partial charge in [0.25, 0.3) is 0 Å². The zero-order chi connectivity index (χ0) is 4.28. The molecule has 6 heavy (non-hydrogen) atoms. The molecule has 0 heterocycles. The van der Waals surface area contributed by atoms with Crippen LogP contribution < -0.4 is 4.89 Å². The second kappa shape index (κ2) is 5.32. The van der Waals surface area contributed by atoms with Gasteiger partial charge in [-0.15, -0.1) is 17.3 Å². The van der Waals surface area contributed by atoms with Gasteiger partial charge in [0.05, 0.1) is 0 Å². The number of halogens is 1. The summed E-state index contributed by atoms with van der Waals surface area (Å²) in [5.74, 6) is 0. The summed E-state index contributed by atoms with van der Waals surface area (Å²) in [5, 5.41) is 7.28. The largest absolute Gasteiger partial charge is 0.758 e. The summed E-state index contributed by atoms with van der Waals surface area (Å²) in [5.41, 5.74) is 0. The average Bonchev–Trinajstić information content (AvgIpc) is 1.38. The summed E-state index contributed by atoms with van der Waals surface area (Å²) >= 11 is -2.52. The van der Waals surface area contributed by atoms with Crippen LogP contribution in [0.15, 0.2) is 0 Å². The molecule has 0 aliphatic rings. The number of rotatable bonds is 1. The number of nitrogens with one attached hydrogen (secondary N) is 1. The molecule has 2 N–H and O–H groups in total. The van der Waals surface area contributed by atoms with Crippen LogP contribution in [-0.2, 0) is 11.3 Å². The van der Waals surface area contributed by atoms with Gasteiger partial charge in [0.15, 0.2) is 0 Å². The zero-order valence-corrected chi connectivity index (χ0v) is 4.21. The minimum absolute atomic E-state index is 0. The van der Waals surface area contributed by atoms with Gasteiger partial charge in [-0.3, -0.25) is 4.21 Å². The molecule has 1 unspecified atom stereocenters. The van der Waals surface area contributed by atoms with E-state index in [0.717, 1.165) is 4.89 Å². The van der Waals surface area contributed by atoms with Gasteiger partial charge in [-0.25, -0.2) is 0 Å². The highest BCUT2D eigenvalue weighted by molar-refractivity contribution is 7.76. The van der Waals surface area contributed by atoms with Crippen molar-refractivity contribution in [2.24, 2.45) is 0 Å². The fraction of sp³-hybridized carbons (Fsp3) is 0. The van der Waals surface area contributed by atoms with E-state index >= 15 is 0 Å². The van der Waals surface area contributed by atoms with Crippen molar-refractivity contribution in [1.29, 1.82) is 0 Å². The quantitative estimate of drug-likeness (QED) is 0.362. The number of hydrogen-bond acceptors (Lipinski definition) is 3. The smallest absolute Gasteiger partial charge is 0.0425 e. The standard InChI is InChI=1S/ClH.H3NO3S/c;2-1-5(3)4/h1H;1-2H,(H,3,4)/p-1. The molecule has 0 aromatic heterocycles. The van der Waals surface area contributed by atoms with Crippen LogP contribution in [0.4, 0.5) is 0 Å². The van der Waals surface area contributed by atoms with Crippen molar-refractivity contribution in [3.63, 3.8) is 0 Å². The predicted molar refractivity (Wildman–Crippen MR) is 21.1 cm³/mol. The lowest BCUT2D eigenvalue weighted by molar-refractivity contribution is 0.237. The van der Waals surface area contributed by atoms with Crippen molar-refractivity contribution in [2.75, 3.05) is 0 Å². The van der Waals surface area contributed by atoms with Crippen LogP contribution in [0.5, 0.6) is 0 Å². The first-order chi connectivity index (χ1) is 2.27. The molecule has 0 fully saturated rings. The van der Waals surface area contributed by atoms with E-state index in [-0.39, 0.29) is 12.4 Å². The van der Waals surface area contributed by atoms with E-state index in [1.54, 1.807) is 0 Å². The Morgan fingerprint density at radius 1 is 1.83 bits per heavy atom. The van der Waals surface area contributed by atoms with Crippen LogP contribution in [-0.4, -0.2) is 14.0 Å². The molecule has 0 saturated carbocycles. The molecule has 0 aliphatic heterocycles. The van der Waals surface area contributed by atoms with Crippen LogP contribution in [0.25, 0.3) is 0 Å². The highest BCUT2D eigenvalue weighted by Gasteiger charge is 1.59. The second-order valence-electron chi connectivity index (χ2n) is 0.326. The minimum Gasteiger partial charge on any atom is -0.758 e. The third kappa shape index (κ3) is 8.85. The van der Waals surface area contributed by atoms with Gasteiger partial charge >= 0.3 is 0 Å². The summed E-state index contributed by atoms with van der Waals surface area (Å²) in [4.78, 5) is 0.944. The Kier molecular flexibility index (Phi) is 8.50. The first-order valence-corrected chi connectivity index (χ1v) is 1.84. The van der Waals surface area contributed by atoms with Crippen LogP contribution in [0.2, 0.25) is 0 Å². The maximum absolute atomic E-state index is 9.01. The summed E-state index contributed by atoms with van der Waals surface area (Å²) in [7, 11) is 0. The van der Waals surface area contributed by atoms with Crippen LogP contribution in [0.1, 0.15) is 0 Å². The molecule has 6 heteroatoms. The van der Waals surface area contributed by atoms with Gasteiger partial charge < -0.3 is 9.76 Å². The first-order valence-electron chi connectivity index (χ1n) is 0.761. The minimum atomic E-state index is -2.52. The summed E-state index contributed by atoms with van der Waals surface area (Å²) in [6.45, 7) is 0. The highest BCUT2D eigenvalue weighted by Crippen LogP contribution is 1.46. The predicted octanol–water partition coefficient (Wildman–Crippen LogP) is -0.819. The van der Waals surface area contributed by atoms with Gasteiger partial charge in [-0.1, -0.05) is 0 Å². The molecule has 4 nitrogen and oxygen atoms in total. The van der Waals surface area contributed by atoms with Gasteiger partial charge in [-0.05, 0) is 0 Å². The fourth-order valence-corrected chi connectivity index (χ4v) is 0. The summed E-state index contributed by atoms with van der Waals surface area (Å²) < 4.78 is 18.0. The molecule has 40 valence electrons. The van der Waals surface area contributed by atoms with E-state index in [0.29, 0.717) is 0 Å². The Bertz CT molecular complexity index is 46.1. The van der Waals surface area contributed by atoms with Crippen molar-refractivity contribution in [2.45, 2.75) is 0 Å². The lowest BCUT2D eigenvalue weighted by Crippen LogP contribution is -2.08. The van der Waals surface area contributed by atoms with Crippen LogP contribution >= 0.6 is 12.4 Å². The average molecular weight is 133 g/mol. The van der Waals surface area contributed by atoms with E-state index in [2.05, 4.69) is 0 Å². The van der Waals surface area contributed by atoms with E-state index in [1.807, 2.05) is 0 Å². The fourth-order valence-electron chi connectivity index (χ4n) is 0. The third-order valence-corrected chi connectivity index (χ3v) is 0.224. The molecular weight excluding hydrogens is 130 g/mol. The summed E-state index contributed by atoms with van der Waals surface area (Å²) in [6, 6.07) is 0. The first kappa shape index (κ1) is 9.58. The molecule has 0 radical (unpaired) electrons. The van der Waals surface area contributed by atoms with Crippen molar-refractivity contribution in [1.82, 2.24) is 4.89 Å². The Morgan fingerprint density at radius 3 is 2.00 bits per heavy atom. The Hall–Kier alpha value is 0.320. The van der Waals surface area contributed by atoms with Gasteiger partial charge in [0.2, 0.25) is 0 Å². The normalized spacial score (nSPS) is 12.3. The molecule has 0 aliphatic carbocycles. The van der Waals surface area contributed by atoms with Crippen LogP contribution in [0, 0.1) is 0 Å². The van der Waals surface area contributed by atoms with Crippen molar-refractivity contribution in [3.8, 4) is 0 Å². The molecule has 0 bridgehead atoms. The maximum Gasteiger partial charge on any atom is 0.0425 e. The maximum atomic E-state index is 9.01. The van der Waals surface area contributed by atoms with Gasteiger partial charge in [0, 0.05) is 11.3 Å². The van der Waals surface area contributed by atoms with Crippen LogP contribution in [0.3, 0.4) is 0 Å². The molecule has 0 aromatic rings. The van der Waals surface area contributed by atoms with E-state index in [1.165, 1.54) is 0 Å². The molecule has 0 rings (SSSR count). The van der Waals surface area contributed by atoms with Crippen molar-refractivity contribution < 1.29 is 14.0 Å². The Labute approximate surface area is 43.3 Å². The Balaban J connectivity index is 0. The SMILES string of the molecule is Cl.O=S([O-])NO. The lowest BCUT2D eigenvalue weighted by atomic mass is 13.5. The third-order valence-electron chi connectivity index (χ3n) is 0.0745. The second-order valence-corrected chi connectivity index (χ2v) is 0.978. The number of hydrogen-bond donors (Lipinski definition) is 2. The van der Waals surface area contributed by atoms with E-state index in [4.69, 9.17) is 14.0 Å². The molecule has 0 spiro atoms. The highest BCUT2D eigenvalue weighted by atomic mass is 35.5. The zero-order valence-electron chi connectivity index (χ0n) is 2.58. The van der Waals surface area contributed by atoms with Crippen molar-refractivity contribution in [3.05, 3.63) is 0 Å². The van der Waals surface area contributed by atoms with Gasteiger partial charge in [0.1, 0.15) is 0 Å². The molecular formula is H3ClNO3S-. The monoisotopic (exact) mass is 132 g/mol.